The summed E-state index contributed by atoms with van der Waals surface area (Å²) in [5.74, 6) is -0.705. The number of imidazole rings is 1. The summed E-state index contributed by atoms with van der Waals surface area (Å²) in [5, 5.41) is 20.1. The number of aryl methyl sites for hydroxylation is 1. The van der Waals surface area contributed by atoms with Crippen molar-refractivity contribution in [3.8, 4) is 0 Å². The van der Waals surface area contributed by atoms with Crippen LogP contribution in [0.1, 0.15) is 12.7 Å². The molecule has 0 radical (unpaired) electrons. The van der Waals surface area contributed by atoms with E-state index in [9.17, 15) is 14.9 Å². The van der Waals surface area contributed by atoms with Crippen LogP contribution in [0.25, 0.3) is 0 Å². The van der Waals surface area contributed by atoms with Gasteiger partial charge >= 0.3 is 11.8 Å². The van der Waals surface area contributed by atoms with Gasteiger partial charge in [-0.1, -0.05) is 6.92 Å². The highest BCUT2D eigenvalue weighted by Crippen LogP contribution is 2.34. The molecular formula is C11H16N4O4. The number of carboxylic acid groups (broad SMARTS) is 1. The predicted molar refractivity (Wildman–Crippen MR) is 67.1 cm³/mol. The first-order valence-electron chi connectivity index (χ1n) is 5.98. The number of hydrogen-bond donors (Lipinski definition) is 1. The van der Waals surface area contributed by atoms with Crippen LogP contribution in [0.3, 0.4) is 0 Å². The number of aliphatic carboxylic acids is 1. The van der Waals surface area contributed by atoms with Crippen molar-refractivity contribution in [2.75, 3.05) is 18.0 Å². The number of carboxylic acids is 1. The van der Waals surface area contributed by atoms with Crippen molar-refractivity contribution in [2.24, 2.45) is 18.9 Å². The van der Waals surface area contributed by atoms with E-state index in [1.807, 2.05) is 6.92 Å². The number of aromatic nitrogens is 2. The summed E-state index contributed by atoms with van der Waals surface area (Å²) in [6, 6.07) is 0. The van der Waals surface area contributed by atoms with E-state index in [0.29, 0.717) is 18.2 Å². The van der Waals surface area contributed by atoms with Crippen molar-refractivity contribution >= 4 is 17.6 Å². The fraction of sp³-hybridized carbons (Fsp3) is 0.636. The quantitative estimate of drug-likeness (QED) is 0.642. The molecule has 1 fully saturated rings. The van der Waals surface area contributed by atoms with Crippen LogP contribution in [0.15, 0.2) is 0 Å². The average Bonchev–Trinajstić information content (AvgIpc) is 2.81. The van der Waals surface area contributed by atoms with E-state index < -0.39 is 16.8 Å². The molecule has 0 saturated carbocycles. The first-order chi connectivity index (χ1) is 8.82. The average molecular weight is 268 g/mol. The molecule has 2 heterocycles. The minimum atomic E-state index is -0.864. The molecule has 0 spiro atoms. The highest BCUT2D eigenvalue weighted by atomic mass is 16.6. The first-order valence-corrected chi connectivity index (χ1v) is 5.98. The Labute approximate surface area is 109 Å². The van der Waals surface area contributed by atoms with Gasteiger partial charge in [-0.2, -0.15) is 0 Å². The van der Waals surface area contributed by atoms with Crippen LogP contribution >= 0.6 is 0 Å². The zero-order valence-corrected chi connectivity index (χ0v) is 11.0. The van der Waals surface area contributed by atoms with Crippen molar-refractivity contribution in [1.82, 2.24) is 9.55 Å². The van der Waals surface area contributed by atoms with Crippen molar-refractivity contribution in [1.29, 1.82) is 0 Å². The van der Waals surface area contributed by atoms with Gasteiger partial charge in [0.05, 0.1) is 5.92 Å². The SMILES string of the molecule is Cc1nc([N+](=O)[O-])c(N2C[C@@H](C)[C@H](C(=O)O)C2)n1C. The number of rotatable bonds is 3. The minimum Gasteiger partial charge on any atom is -0.481 e. The molecule has 8 nitrogen and oxygen atoms in total. The number of nitrogens with zero attached hydrogens (tertiary/aromatic N) is 4. The van der Waals surface area contributed by atoms with Crippen molar-refractivity contribution in [3.63, 3.8) is 0 Å². The molecule has 19 heavy (non-hydrogen) atoms. The molecule has 1 aliphatic heterocycles. The second kappa shape index (κ2) is 4.52. The van der Waals surface area contributed by atoms with Gasteiger partial charge in [-0.15, -0.1) is 0 Å². The third-order valence-corrected chi connectivity index (χ3v) is 3.67. The normalized spacial score (nSPS) is 22.8. The molecule has 0 unspecified atom stereocenters. The Hall–Kier alpha value is -2.12. The third-order valence-electron chi connectivity index (χ3n) is 3.67. The summed E-state index contributed by atoms with van der Waals surface area (Å²) >= 11 is 0. The molecule has 0 aliphatic carbocycles. The van der Waals surface area contributed by atoms with Crippen LogP contribution in [0.5, 0.6) is 0 Å². The lowest BCUT2D eigenvalue weighted by Gasteiger charge is -2.17. The van der Waals surface area contributed by atoms with Gasteiger partial charge in [0, 0.05) is 27.1 Å². The van der Waals surface area contributed by atoms with E-state index in [0.717, 1.165) is 0 Å². The monoisotopic (exact) mass is 268 g/mol. The van der Waals surface area contributed by atoms with Crippen LogP contribution in [0.4, 0.5) is 11.6 Å². The summed E-state index contributed by atoms with van der Waals surface area (Å²) in [6.07, 6.45) is 0. The van der Waals surface area contributed by atoms with Gasteiger partial charge in [-0.05, 0) is 15.8 Å². The van der Waals surface area contributed by atoms with Crippen LogP contribution in [0.2, 0.25) is 0 Å². The maximum atomic E-state index is 11.1. The number of nitro groups is 1. The van der Waals surface area contributed by atoms with Gasteiger partial charge in [0.15, 0.2) is 0 Å². The zero-order chi connectivity index (χ0) is 14.3. The van der Waals surface area contributed by atoms with Crippen molar-refractivity contribution in [3.05, 3.63) is 15.9 Å². The first kappa shape index (κ1) is 13.3. The second-order valence-electron chi connectivity index (χ2n) is 4.95. The second-order valence-corrected chi connectivity index (χ2v) is 4.95. The lowest BCUT2D eigenvalue weighted by Crippen LogP contribution is -2.25. The summed E-state index contributed by atoms with van der Waals surface area (Å²) < 4.78 is 1.63. The molecule has 2 rings (SSSR count). The van der Waals surface area contributed by atoms with Crippen molar-refractivity contribution < 1.29 is 14.8 Å². The Morgan fingerprint density at radius 3 is 2.63 bits per heavy atom. The Morgan fingerprint density at radius 2 is 2.16 bits per heavy atom. The molecule has 1 saturated heterocycles. The van der Waals surface area contributed by atoms with Crippen LogP contribution < -0.4 is 4.90 Å². The highest BCUT2D eigenvalue weighted by molar-refractivity contribution is 5.73. The van der Waals surface area contributed by atoms with E-state index in [1.165, 1.54) is 0 Å². The number of carbonyl (C=O) groups is 1. The minimum absolute atomic E-state index is 0.0488. The van der Waals surface area contributed by atoms with Gasteiger partial charge in [0.2, 0.25) is 11.6 Å². The molecule has 0 bridgehead atoms. The van der Waals surface area contributed by atoms with Crippen LogP contribution in [-0.2, 0) is 11.8 Å². The third kappa shape index (κ3) is 2.13. The fourth-order valence-electron chi connectivity index (χ4n) is 2.52. The molecule has 0 aromatic carbocycles. The Balaban J connectivity index is 2.38. The van der Waals surface area contributed by atoms with Crippen molar-refractivity contribution in [2.45, 2.75) is 13.8 Å². The van der Waals surface area contributed by atoms with Gasteiger partial charge in [0.25, 0.3) is 0 Å². The Morgan fingerprint density at radius 1 is 1.53 bits per heavy atom. The topological polar surface area (TPSA) is 102 Å². The van der Waals surface area contributed by atoms with Crippen LogP contribution in [-0.4, -0.2) is 38.6 Å². The molecule has 0 amide bonds. The lowest BCUT2D eigenvalue weighted by molar-refractivity contribution is -0.388. The lowest BCUT2D eigenvalue weighted by atomic mass is 9.99. The molecule has 1 N–H and O–H groups in total. The Kier molecular flexibility index (Phi) is 3.17. The zero-order valence-electron chi connectivity index (χ0n) is 11.0. The van der Waals surface area contributed by atoms with Crippen LogP contribution in [0, 0.1) is 28.9 Å². The summed E-state index contributed by atoms with van der Waals surface area (Å²) in [4.78, 5) is 27.3. The predicted octanol–water partition coefficient (Wildman–Crippen LogP) is 0.794. The maximum absolute atomic E-state index is 11.1. The highest BCUT2D eigenvalue weighted by Gasteiger charge is 2.39. The van der Waals surface area contributed by atoms with Gasteiger partial charge in [-0.25, -0.2) is 0 Å². The fourth-order valence-corrected chi connectivity index (χ4v) is 2.52. The maximum Gasteiger partial charge on any atom is 0.406 e. The number of anilines is 1. The van der Waals surface area contributed by atoms with Gasteiger partial charge in [-0.3, -0.25) is 9.36 Å². The largest absolute Gasteiger partial charge is 0.481 e. The Bertz CT molecular complexity index is 539. The molecule has 8 heteroatoms. The van der Waals surface area contributed by atoms with E-state index in [-0.39, 0.29) is 18.3 Å². The molecule has 2 atom stereocenters. The van der Waals surface area contributed by atoms with E-state index in [4.69, 9.17) is 5.11 Å². The van der Waals surface area contributed by atoms with E-state index in [2.05, 4.69) is 4.98 Å². The van der Waals surface area contributed by atoms with E-state index >= 15 is 0 Å². The molecular weight excluding hydrogens is 252 g/mol. The summed E-state index contributed by atoms with van der Waals surface area (Å²) in [5.41, 5.74) is 0. The van der Waals surface area contributed by atoms with Gasteiger partial charge < -0.3 is 20.1 Å². The molecule has 1 aromatic heterocycles. The van der Waals surface area contributed by atoms with Gasteiger partial charge in [0.1, 0.15) is 0 Å². The summed E-state index contributed by atoms with van der Waals surface area (Å²) in [7, 11) is 1.70. The molecule has 1 aromatic rings. The standard InChI is InChI=1S/C11H16N4O4/c1-6-4-14(5-8(6)11(16)17)10-9(15(18)19)12-7(2)13(10)3/h6,8H,4-5H2,1-3H3,(H,16,17)/t6-,8-/m1/s1. The van der Waals surface area contributed by atoms with E-state index in [1.54, 1.807) is 23.4 Å². The summed E-state index contributed by atoms with van der Waals surface area (Å²) in [6.45, 7) is 4.28. The molecule has 1 aliphatic rings. The number of hydrogen-bond acceptors (Lipinski definition) is 5. The molecule has 104 valence electrons. The smallest absolute Gasteiger partial charge is 0.406 e.